The average Bonchev–Trinajstić information content (AvgIpc) is 2.73. The van der Waals surface area contributed by atoms with E-state index in [0.717, 1.165) is 18.1 Å². The summed E-state index contributed by atoms with van der Waals surface area (Å²) in [4.78, 5) is 22.9. The number of hydrogen-bond donors (Lipinski definition) is 0. The molecule has 0 aromatic heterocycles. The van der Waals surface area contributed by atoms with Crippen LogP contribution >= 0.6 is 0 Å². The molecule has 0 N–H and O–H groups in total. The number of rotatable bonds is 9. The SMILES string of the molecule is CC[Si](=O)CC[Si](C)(C)O[Si](C)(C)C(C)CC1CC(=O)OC1=O. The molecule has 1 heterocycles. The fourth-order valence-corrected chi connectivity index (χ4v) is 14.5. The summed E-state index contributed by atoms with van der Waals surface area (Å²) in [5, 5.41) is 0. The Bertz CT molecular complexity index is 476. The van der Waals surface area contributed by atoms with Gasteiger partial charge in [0.15, 0.2) is 16.6 Å². The molecule has 0 aliphatic carbocycles. The Balaban J connectivity index is 2.60. The Labute approximate surface area is 143 Å². The molecule has 0 bridgehead atoms. The van der Waals surface area contributed by atoms with Gasteiger partial charge in [-0.15, -0.1) is 0 Å². The van der Waals surface area contributed by atoms with E-state index in [-0.39, 0.29) is 23.8 Å². The van der Waals surface area contributed by atoms with E-state index in [2.05, 4.69) is 37.8 Å². The van der Waals surface area contributed by atoms with E-state index in [1.54, 1.807) is 0 Å². The zero-order valence-corrected chi connectivity index (χ0v) is 18.2. The van der Waals surface area contributed by atoms with E-state index in [0.29, 0.717) is 6.42 Å². The van der Waals surface area contributed by atoms with Gasteiger partial charge in [0.1, 0.15) is 0 Å². The zero-order chi connectivity index (χ0) is 17.8. The summed E-state index contributed by atoms with van der Waals surface area (Å²) in [7, 11) is -5.30. The molecule has 0 saturated carbocycles. The number of cyclic esters (lactones) is 2. The summed E-state index contributed by atoms with van der Waals surface area (Å²) < 4.78 is 22.9. The summed E-state index contributed by atoms with van der Waals surface area (Å²) in [5.74, 6) is -1.11. The number of esters is 2. The molecule has 0 radical (unpaired) electrons. The Kier molecular flexibility index (Phi) is 7.24. The van der Waals surface area contributed by atoms with Crippen LogP contribution in [0.3, 0.4) is 0 Å². The van der Waals surface area contributed by atoms with Crippen LogP contribution in [0.25, 0.3) is 0 Å². The molecular weight excluding hydrogens is 344 g/mol. The third-order valence-corrected chi connectivity index (χ3v) is 15.2. The molecular formula is C15H30O5Si3. The smallest absolute Gasteiger partial charge is 0.317 e. The van der Waals surface area contributed by atoms with Gasteiger partial charge >= 0.3 is 11.9 Å². The lowest BCUT2D eigenvalue weighted by Gasteiger charge is -2.38. The standard InChI is InChI=1S/C15H30O5Si3/c1-7-21(18)8-9-22(3,4)20-23(5,6)12(2)10-13-11-14(16)19-15(13)17/h12-13H,7-11H2,1-6H3. The van der Waals surface area contributed by atoms with Crippen molar-refractivity contribution in [2.75, 3.05) is 0 Å². The van der Waals surface area contributed by atoms with Gasteiger partial charge in [-0.25, -0.2) is 0 Å². The summed E-state index contributed by atoms with van der Waals surface area (Å²) in [6.45, 7) is 12.8. The first-order valence-electron chi connectivity index (χ1n) is 8.43. The lowest BCUT2D eigenvalue weighted by Crippen LogP contribution is -2.47. The summed E-state index contributed by atoms with van der Waals surface area (Å²) in [6, 6.07) is 2.47. The van der Waals surface area contributed by atoms with Crippen LogP contribution in [0, 0.1) is 5.92 Å². The van der Waals surface area contributed by atoms with Gasteiger partial charge in [0, 0.05) is 0 Å². The average molecular weight is 375 g/mol. The van der Waals surface area contributed by atoms with Crippen molar-refractivity contribution in [1.82, 2.24) is 0 Å². The number of carbonyl (C=O) groups excluding carboxylic acids is 2. The maximum Gasteiger partial charge on any atom is 0.317 e. The van der Waals surface area contributed by atoms with Crippen LogP contribution in [0.2, 0.25) is 49.9 Å². The molecule has 1 aliphatic heterocycles. The van der Waals surface area contributed by atoms with Crippen LogP contribution < -0.4 is 0 Å². The second-order valence-corrected chi connectivity index (χ2v) is 19.0. The minimum atomic E-state index is -1.99. The molecule has 1 saturated heterocycles. The van der Waals surface area contributed by atoms with Gasteiger partial charge < -0.3 is 13.3 Å². The molecule has 132 valence electrons. The van der Waals surface area contributed by atoms with E-state index in [9.17, 15) is 14.1 Å². The number of carbonyl (C=O) groups is 2. The van der Waals surface area contributed by atoms with E-state index >= 15 is 0 Å². The third-order valence-electron chi connectivity index (χ3n) is 4.73. The van der Waals surface area contributed by atoms with Crippen molar-refractivity contribution < 1.29 is 22.9 Å². The van der Waals surface area contributed by atoms with Crippen LogP contribution in [-0.2, 0) is 22.9 Å². The lowest BCUT2D eigenvalue weighted by molar-refractivity contribution is -0.153. The van der Waals surface area contributed by atoms with Crippen LogP contribution in [-0.4, -0.2) is 37.3 Å². The van der Waals surface area contributed by atoms with Crippen molar-refractivity contribution in [3.05, 3.63) is 0 Å². The Morgan fingerprint density at radius 1 is 1.30 bits per heavy atom. The normalized spacial score (nSPS) is 20.5. The van der Waals surface area contributed by atoms with E-state index in [4.69, 9.17) is 4.12 Å². The van der Waals surface area contributed by atoms with Crippen molar-refractivity contribution in [2.24, 2.45) is 5.92 Å². The van der Waals surface area contributed by atoms with Crippen LogP contribution in [0.15, 0.2) is 0 Å². The van der Waals surface area contributed by atoms with Gasteiger partial charge in [-0.3, -0.25) is 9.59 Å². The highest BCUT2D eigenvalue weighted by Gasteiger charge is 2.41. The first-order chi connectivity index (χ1) is 10.5. The van der Waals surface area contributed by atoms with Gasteiger partial charge in [-0.1, -0.05) is 13.8 Å². The van der Waals surface area contributed by atoms with E-state index in [1.165, 1.54) is 0 Å². The van der Waals surface area contributed by atoms with Gasteiger partial charge in [-0.05, 0) is 56.3 Å². The fraction of sp³-hybridized carbons (Fsp3) is 0.867. The van der Waals surface area contributed by atoms with Gasteiger partial charge in [0.05, 0.1) is 12.3 Å². The number of ether oxygens (including phenoxy) is 1. The van der Waals surface area contributed by atoms with Crippen molar-refractivity contribution in [2.45, 2.75) is 76.6 Å². The Morgan fingerprint density at radius 2 is 1.91 bits per heavy atom. The Morgan fingerprint density at radius 3 is 2.39 bits per heavy atom. The predicted octanol–water partition coefficient (Wildman–Crippen LogP) is 3.73. The number of hydrogen-bond acceptors (Lipinski definition) is 5. The molecule has 0 spiro atoms. The Hall–Kier alpha value is -0.449. The molecule has 0 aromatic rings. The van der Waals surface area contributed by atoms with Crippen LogP contribution in [0.1, 0.15) is 26.7 Å². The molecule has 5 nitrogen and oxygen atoms in total. The molecule has 23 heavy (non-hydrogen) atoms. The molecule has 1 rings (SSSR count). The maximum atomic E-state index is 11.7. The monoisotopic (exact) mass is 374 g/mol. The minimum absolute atomic E-state index is 0.201. The van der Waals surface area contributed by atoms with Crippen LogP contribution in [0.5, 0.6) is 0 Å². The highest BCUT2D eigenvalue weighted by atomic mass is 28.4. The quantitative estimate of drug-likeness (QED) is 0.349. The van der Waals surface area contributed by atoms with E-state index < -0.39 is 31.3 Å². The summed E-state index contributed by atoms with van der Waals surface area (Å²) in [5.41, 5.74) is 0.265. The zero-order valence-electron chi connectivity index (χ0n) is 15.2. The largest absolute Gasteiger partial charge is 0.455 e. The second-order valence-electron chi connectivity index (χ2n) is 7.69. The van der Waals surface area contributed by atoms with Gasteiger partial charge in [0.25, 0.3) is 8.68 Å². The molecule has 2 unspecified atom stereocenters. The second kappa shape index (κ2) is 8.09. The van der Waals surface area contributed by atoms with Crippen molar-refractivity contribution >= 4 is 37.3 Å². The molecule has 0 amide bonds. The topological polar surface area (TPSA) is 69.7 Å². The molecule has 2 atom stereocenters. The minimum Gasteiger partial charge on any atom is -0.455 e. The van der Waals surface area contributed by atoms with Gasteiger partial charge in [0.2, 0.25) is 0 Å². The van der Waals surface area contributed by atoms with E-state index in [1.807, 2.05) is 6.92 Å². The summed E-state index contributed by atoms with van der Waals surface area (Å²) >= 11 is 0. The first kappa shape index (κ1) is 20.6. The van der Waals surface area contributed by atoms with Crippen molar-refractivity contribution in [3.63, 3.8) is 0 Å². The highest BCUT2D eigenvalue weighted by molar-refractivity contribution is 6.85. The van der Waals surface area contributed by atoms with Crippen molar-refractivity contribution in [1.29, 1.82) is 0 Å². The maximum absolute atomic E-state index is 11.7. The highest BCUT2D eigenvalue weighted by Crippen LogP contribution is 2.35. The molecule has 8 heteroatoms. The van der Waals surface area contributed by atoms with Gasteiger partial charge in [-0.2, -0.15) is 0 Å². The van der Waals surface area contributed by atoms with Crippen LogP contribution in [0.4, 0.5) is 0 Å². The predicted molar refractivity (Wildman–Crippen MR) is 95.8 cm³/mol. The fourth-order valence-electron chi connectivity index (χ4n) is 2.89. The summed E-state index contributed by atoms with van der Waals surface area (Å²) in [6.07, 6.45) is 0.854. The third kappa shape index (κ3) is 6.52. The van der Waals surface area contributed by atoms with Crippen molar-refractivity contribution in [3.8, 4) is 0 Å². The molecule has 1 fully saturated rings. The molecule has 0 aromatic carbocycles. The lowest BCUT2D eigenvalue weighted by atomic mass is 10.0. The first-order valence-corrected chi connectivity index (χ1v) is 16.4. The molecule has 1 aliphatic rings.